The van der Waals surface area contributed by atoms with Crippen LogP contribution in [0.4, 0.5) is 0 Å². The lowest BCUT2D eigenvalue weighted by Gasteiger charge is -2.05. The Morgan fingerprint density at radius 2 is 1.19 bits per heavy atom. The van der Waals surface area contributed by atoms with E-state index in [9.17, 15) is 0 Å². The molecule has 5 rings (SSSR count). The number of rotatable bonds is 0. The molecule has 0 saturated carbocycles. The summed E-state index contributed by atoms with van der Waals surface area (Å²) in [6.45, 7) is 2.18. The van der Waals surface area contributed by atoms with Crippen LogP contribution in [0.15, 0.2) is 66.7 Å². The summed E-state index contributed by atoms with van der Waals surface area (Å²) >= 11 is 0. The number of aryl methyl sites for hydroxylation is 1. The van der Waals surface area contributed by atoms with E-state index in [1.807, 2.05) is 0 Å². The Morgan fingerprint density at radius 3 is 1.95 bits per heavy atom. The molecule has 0 saturated heterocycles. The van der Waals surface area contributed by atoms with Crippen LogP contribution >= 0.6 is 0 Å². The van der Waals surface area contributed by atoms with Gasteiger partial charge in [-0.05, 0) is 68.4 Å². The van der Waals surface area contributed by atoms with Crippen molar-refractivity contribution in [3.05, 3.63) is 72.3 Å². The van der Waals surface area contributed by atoms with Gasteiger partial charge in [-0.15, -0.1) is 0 Å². The Morgan fingerprint density at radius 1 is 0.524 bits per heavy atom. The van der Waals surface area contributed by atoms with Gasteiger partial charge in [0.2, 0.25) is 0 Å². The van der Waals surface area contributed by atoms with Crippen LogP contribution in [0.3, 0.4) is 0 Å². The van der Waals surface area contributed by atoms with E-state index in [1.54, 1.807) is 0 Å². The van der Waals surface area contributed by atoms with E-state index in [4.69, 9.17) is 0 Å². The maximum Gasteiger partial charge on any atom is -0.00262 e. The van der Waals surface area contributed by atoms with Gasteiger partial charge < -0.3 is 0 Å². The van der Waals surface area contributed by atoms with Gasteiger partial charge in [-0.25, -0.2) is 0 Å². The van der Waals surface area contributed by atoms with Gasteiger partial charge in [-0.2, -0.15) is 0 Å². The molecule has 0 aliphatic heterocycles. The summed E-state index contributed by atoms with van der Waals surface area (Å²) in [5, 5.41) is 5.40. The number of hydrogen-bond acceptors (Lipinski definition) is 0. The Kier molecular flexibility index (Phi) is 1.97. The quantitative estimate of drug-likeness (QED) is 0.325. The van der Waals surface area contributed by atoms with E-state index in [1.165, 1.54) is 49.4 Å². The van der Waals surface area contributed by atoms with E-state index < -0.39 is 0 Å². The second-order valence-electron chi connectivity index (χ2n) is 5.96. The van der Waals surface area contributed by atoms with Crippen LogP contribution in [0.5, 0.6) is 0 Å². The van der Waals surface area contributed by atoms with Gasteiger partial charge in [-0.3, -0.25) is 0 Å². The highest BCUT2D eigenvalue weighted by molar-refractivity contribution is 6.17. The van der Waals surface area contributed by atoms with E-state index in [0.717, 1.165) is 0 Å². The minimum Gasteiger partial charge on any atom is -0.0616 e. The van der Waals surface area contributed by atoms with Crippen LogP contribution < -0.4 is 0 Å². The topological polar surface area (TPSA) is 0 Å². The fourth-order valence-electron chi connectivity index (χ4n) is 3.70. The molecule has 98 valence electrons. The van der Waals surface area contributed by atoms with Crippen LogP contribution in [0.1, 0.15) is 5.56 Å². The zero-order chi connectivity index (χ0) is 14.0. The van der Waals surface area contributed by atoms with Gasteiger partial charge in [-0.1, -0.05) is 54.6 Å². The molecule has 4 aromatic carbocycles. The van der Waals surface area contributed by atoms with Crippen molar-refractivity contribution in [3.63, 3.8) is 0 Å². The van der Waals surface area contributed by atoms with Crippen LogP contribution in [0, 0.1) is 6.92 Å². The number of benzene rings is 4. The first-order valence-electron chi connectivity index (χ1n) is 7.38. The van der Waals surface area contributed by atoms with Crippen molar-refractivity contribution in [1.82, 2.24) is 0 Å². The summed E-state index contributed by atoms with van der Waals surface area (Å²) in [6.07, 6.45) is 0. The molecule has 0 unspecified atom stereocenters. The first-order valence-corrected chi connectivity index (χ1v) is 7.38. The van der Waals surface area contributed by atoms with Gasteiger partial charge in [0, 0.05) is 0 Å². The highest BCUT2D eigenvalue weighted by Gasteiger charge is 2.21. The third kappa shape index (κ3) is 1.39. The molecule has 1 aliphatic rings. The third-order valence-corrected chi connectivity index (χ3v) is 4.59. The van der Waals surface area contributed by atoms with E-state index in [-0.39, 0.29) is 0 Å². The second-order valence-corrected chi connectivity index (χ2v) is 5.96. The second kappa shape index (κ2) is 3.73. The van der Waals surface area contributed by atoms with Crippen LogP contribution in [-0.4, -0.2) is 0 Å². The van der Waals surface area contributed by atoms with Crippen molar-refractivity contribution in [2.24, 2.45) is 0 Å². The summed E-state index contributed by atoms with van der Waals surface area (Å²) in [5.74, 6) is 0. The predicted octanol–water partition coefficient (Wildman–Crippen LogP) is 5.95. The lowest BCUT2D eigenvalue weighted by molar-refractivity contribution is 1.51. The Hall–Kier alpha value is -2.60. The van der Waals surface area contributed by atoms with Crippen molar-refractivity contribution in [3.8, 4) is 22.3 Å². The largest absolute Gasteiger partial charge is 0.0616 e. The molecule has 0 radical (unpaired) electrons. The van der Waals surface area contributed by atoms with Crippen LogP contribution in [-0.2, 0) is 0 Å². The zero-order valence-electron chi connectivity index (χ0n) is 11.9. The highest BCUT2D eigenvalue weighted by Crippen LogP contribution is 2.48. The summed E-state index contributed by atoms with van der Waals surface area (Å²) in [4.78, 5) is 0. The van der Waals surface area contributed by atoms with Gasteiger partial charge in [0.15, 0.2) is 0 Å². The number of fused-ring (bicyclic) bond motifs is 4. The fourth-order valence-corrected chi connectivity index (χ4v) is 3.70. The molecule has 0 N–H and O–H groups in total. The molecule has 0 fully saturated rings. The minimum absolute atomic E-state index is 1.32. The molecule has 0 amide bonds. The SMILES string of the molecule is Cc1cc2c3c(cccc3c1)-c1cc3ccccc3cc1-2. The van der Waals surface area contributed by atoms with Crippen molar-refractivity contribution in [2.75, 3.05) is 0 Å². The van der Waals surface area contributed by atoms with Gasteiger partial charge in [0.1, 0.15) is 0 Å². The molecule has 21 heavy (non-hydrogen) atoms. The van der Waals surface area contributed by atoms with Gasteiger partial charge in [0.25, 0.3) is 0 Å². The Labute approximate surface area is 123 Å². The standard InChI is InChI=1S/C21H14/c1-13-9-16-7-4-8-17-18-11-14-5-2-3-6-15(14)12-19(18)20(10-13)21(16)17/h2-12H,1H3. The van der Waals surface area contributed by atoms with E-state index in [0.29, 0.717) is 0 Å². The fraction of sp³-hybridized carbons (Fsp3) is 0.0476. The molecule has 0 aromatic heterocycles. The Bertz CT molecular complexity index is 1040. The molecule has 4 aromatic rings. The van der Waals surface area contributed by atoms with Crippen LogP contribution in [0.2, 0.25) is 0 Å². The lowest BCUT2D eigenvalue weighted by Crippen LogP contribution is -1.80. The van der Waals surface area contributed by atoms with Crippen LogP contribution in [0.25, 0.3) is 43.8 Å². The molecular weight excluding hydrogens is 252 g/mol. The molecule has 0 heterocycles. The maximum atomic E-state index is 2.35. The van der Waals surface area contributed by atoms with Crippen molar-refractivity contribution < 1.29 is 0 Å². The molecule has 0 nitrogen and oxygen atoms in total. The highest BCUT2D eigenvalue weighted by atomic mass is 14.2. The normalized spacial score (nSPS) is 12.0. The van der Waals surface area contributed by atoms with Gasteiger partial charge >= 0.3 is 0 Å². The molecule has 0 bridgehead atoms. The minimum atomic E-state index is 1.32. The van der Waals surface area contributed by atoms with Gasteiger partial charge in [0.05, 0.1) is 0 Å². The summed E-state index contributed by atoms with van der Waals surface area (Å²) in [6, 6.07) is 24.6. The molecule has 1 aliphatic carbocycles. The molecule has 0 heteroatoms. The van der Waals surface area contributed by atoms with E-state index >= 15 is 0 Å². The zero-order valence-corrected chi connectivity index (χ0v) is 11.9. The summed E-state index contributed by atoms with van der Waals surface area (Å²) in [5.41, 5.74) is 6.85. The third-order valence-electron chi connectivity index (χ3n) is 4.59. The summed E-state index contributed by atoms with van der Waals surface area (Å²) < 4.78 is 0. The number of hydrogen-bond donors (Lipinski definition) is 0. The van der Waals surface area contributed by atoms with Crippen molar-refractivity contribution in [2.45, 2.75) is 6.92 Å². The molecule has 0 spiro atoms. The lowest BCUT2D eigenvalue weighted by atomic mass is 9.98. The first kappa shape index (κ1) is 11.1. The average Bonchev–Trinajstić information content (AvgIpc) is 2.80. The Balaban J connectivity index is 2.02. The monoisotopic (exact) mass is 266 g/mol. The smallest absolute Gasteiger partial charge is 0.00262 e. The first-order chi connectivity index (χ1) is 10.3. The molecular formula is C21H14. The van der Waals surface area contributed by atoms with Crippen molar-refractivity contribution >= 4 is 21.5 Å². The van der Waals surface area contributed by atoms with Crippen molar-refractivity contribution in [1.29, 1.82) is 0 Å². The maximum absolute atomic E-state index is 2.35. The van der Waals surface area contributed by atoms with E-state index in [2.05, 4.69) is 73.7 Å². The predicted molar refractivity (Wildman–Crippen MR) is 90.6 cm³/mol. The average molecular weight is 266 g/mol. The molecule has 0 atom stereocenters. The summed E-state index contributed by atoms with van der Waals surface area (Å²) in [7, 11) is 0.